The number of anilines is 1. The second kappa shape index (κ2) is 6.78. The summed E-state index contributed by atoms with van der Waals surface area (Å²) in [7, 11) is 4.08. The molecular weight excluding hydrogens is 248 g/mol. The molecule has 0 aliphatic heterocycles. The van der Waals surface area contributed by atoms with Crippen LogP contribution in [0.4, 0.5) is 5.69 Å². The Morgan fingerprint density at radius 2 is 1.75 bits per heavy atom. The zero-order valence-corrected chi connectivity index (χ0v) is 12.9. The summed E-state index contributed by atoms with van der Waals surface area (Å²) < 4.78 is 0. The lowest BCUT2D eigenvalue weighted by atomic mass is 10.1. The number of nitrogens with zero attached hydrogens (tertiary/aromatic N) is 2. The maximum atomic E-state index is 12.5. The van der Waals surface area contributed by atoms with Gasteiger partial charge in [-0.3, -0.25) is 4.79 Å². The minimum atomic E-state index is 0.274. The zero-order valence-electron chi connectivity index (χ0n) is 12.9. The van der Waals surface area contributed by atoms with Gasteiger partial charge in [-0.1, -0.05) is 25.0 Å². The molecule has 110 valence electrons. The first-order valence-electron chi connectivity index (χ1n) is 7.67. The van der Waals surface area contributed by atoms with Crippen LogP contribution in [-0.4, -0.2) is 31.4 Å². The smallest absolute Gasteiger partial charge is 0.225 e. The molecule has 0 bridgehead atoms. The van der Waals surface area contributed by atoms with Gasteiger partial charge in [-0.05, 0) is 37.5 Å². The van der Waals surface area contributed by atoms with Crippen LogP contribution < -0.4 is 4.90 Å². The lowest BCUT2D eigenvalue weighted by molar-refractivity contribution is -0.135. The summed E-state index contributed by atoms with van der Waals surface area (Å²) in [5.41, 5.74) is 2.41. The Morgan fingerprint density at radius 3 is 2.25 bits per heavy atom. The first kappa shape index (κ1) is 14.9. The highest BCUT2D eigenvalue weighted by Gasteiger charge is 2.26. The van der Waals surface area contributed by atoms with E-state index in [1.54, 1.807) is 0 Å². The Bertz CT molecular complexity index is 433. The van der Waals surface area contributed by atoms with Crippen LogP contribution >= 0.6 is 0 Å². The van der Waals surface area contributed by atoms with Crippen molar-refractivity contribution in [2.24, 2.45) is 5.92 Å². The quantitative estimate of drug-likeness (QED) is 0.822. The van der Waals surface area contributed by atoms with Crippen LogP contribution in [-0.2, 0) is 11.3 Å². The van der Waals surface area contributed by atoms with Crippen LogP contribution in [0.25, 0.3) is 0 Å². The van der Waals surface area contributed by atoms with E-state index in [-0.39, 0.29) is 5.92 Å². The van der Waals surface area contributed by atoms with Gasteiger partial charge in [0.2, 0.25) is 5.91 Å². The fourth-order valence-corrected chi connectivity index (χ4v) is 2.90. The van der Waals surface area contributed by atoms with E-state index >= 15 is 0 Å². The first-order valence-corrected chi connectivity index (χ1v) is 7.67. The van der Waals surface area contributed by atoms with Gasteiger partial charge in [0.15, 0.2) is 0 Å². The minimum absolute atomic E-state index is 0.274. The topological polar surface area (TPSA) is 23.6 Å². The van der Waals surface area contributed by atoms with E-state index in [1.807, 2.05) is 19.0 Å². The third kappa shape index (κ3) is 3.53. The largest absolute Gasteiger partial charge is 0.378 e. The number of hydrogen-bond donors (Lipinski definition) is 0. The molecule has 0 spiro atoms. The molecule has 1 amide bonds. The van der Waals surface area contributed by atoms with Crippen LogP contribution in [0.5, 0.6) is 0 Å². The standard InChI is InChI=1S/C17H26N2O/c1-4-19(17(20)15-7-5-6-8-15)13-14-9-11-16(12-10-14)18(2)3/h9-12,15H,4-8,13H2,1-3H3. The highest BCUT2D eigenvalue weighted by atomic mass is 16.2. The molecule has 1 aliphatic carbocycles. The Labute approximate surface area is 122 Å². The summed E-state index contributed by atoms with van der Waals surface area (Å²) in [5.74, 6) is 0.623. The monoisotopic (exact) mass is 274 g/mol. The molecule has 0 heterocycles. The molecule has 3 nitrogen and oxygen atoms in total. The van der Waals surface area contributed by atoms with Crippen molar-refractivity contribution in [3.05, 3.63) is 29.8 Å². The molecule has 1 fully saturated rings. The second-order valence-corrected chi connectivity index (χ2v) is 5.89. The Morgan fingerprint density at radius 1 is 1.15 bits per heavy atom. The van der Waals surface area contributed by atoms with E-state index in [0.717, 1.165) is 25.9 Å². The molecule has 0 unspecified atom stereocenters. The molecule has 0 radical (unpaired) electrons. The van der Waals surface area contributed by atoms with Gasteiger partial charge in [-0.15, -0.1) is 0 Å². The molecule has 2 rings (SSSR count). The molecule has 1 aromatic carbocycles. The third-order valence-electron chi connectivity index (χ3n) is 4.22. The predicted octanol–water partition coefficient (Wildman–Crippen LogP) is 3.29. The molecule has 1 aliphatic rings. The van der Waals surface area contributed by atoms with E-state index in [0.29, 0.717) is 5.91 Å². The van der Waals surface area contributed by atoms with Crippen LogP contribution in [0.1, 0.15) is 38.2 Å². The highest BCUT2D eigenvalue weighted by Crippen LogP contribution is 2.27. The van der Waals surface area contributed by atoms with Gasteiger partial charge in [0.25, 0.3) is 0 Å². The summed E-state index contributed by atoms with van der Waals surface area (Å²) in [4.78, 5) is 16.6. The van der Waals surface area contributed by atoms with Crippen molar-refractivity contribution in [1.29, 1.82) is 0 Å². The number of benzene rings is 1. The second-order valence-electron chi connectivity index (χ2n) is 5.89. The summed E-state index contributed by atoms with van der Waals surface area (Å²) in [6.45, 7) is 3.60. The Balaban J connectivity index is 2.00. The van der Waals surface area contributed by atoms with Crippen molar-refractivity contribution in [3.8, 4) is 0 Å². The maximum absolute atomic E-state index is 12.5. The molecule has 1 aromatic rings. The molecule has 20 heavy (non-hydrogen) atoms. The molecule has 1 saturated carbocycles. The molecule has 0 aromatic heterocycles. The molecule has 0 N–H and O–H groups in total. The molecule has 3 heteroatoms. The first-order chi connectivity index (χ1) is 9.61. The highest BCUT2D eigenvalue weighted by molar-refractivity contribution is 5.79. The number of carbonyl (C=O) groups is 1. The van der Waals surface area contributed by atoms with E-state index in [1.165, 1.54) is 24.1 Å². The number of carbonyl (C=O) groups excluding carboxylic acids is 1. The Kier molecular flexibility index (Phi) is 5.05. The van der Waals surface area contributed by atoms with Crippen LogP contribution in [0.2, 0.25) is 0 Å². The number of rotatable bonds is 5. The van der Waals surface area contributed by atoms with Gasteiger partial charge >= 0.3 is 0 Å². The number of amides is 1. The van der Waals surface area contributed by atoms with Gasteiger partial charge in [0.1, 0.15) is 0 Å². The van der Waals surface area contributed by atoms with Gasteiger partial charge < -0.3 is 9.80 Å². The normalized spacial score (nSPS) is 15.3. The van der Waals surface area contributed by atoms with Gasteiger partial charge in [-0.2, -0.15) is 0 Å². The molecule has 0 atom stereocenters. The fourth-order valence-electron chi connectivity index (χ4n) is 2.90. The van der Waals surface area contributed by atoms with Gasteiger partial charge in [0.05, 0.1) is 0 Å². The molecule has 0 saturated heterocycles. The summed E-state index contributed by atoms with van der Waals surface area (Å²) in [6, 6.07) is 8.48. The van der Waals surface area contributed by atoms with Crippen molar-refractivity contribution in [1.82, 2.24) is 4.90 Å². The van der Waals surface area contributed by atoms with Crippen molar-refractivity contribution in [2.75, 3.05) is 25.5 Å². The third-order valence-corrected chi connectivity index (χ3v) is 4.22. The van der Waals surface area contributed by atoms with Crippen molar-refractivity contribution < 1.29 is 4.79 Å². The van der Waals surface area contributed by atoms with Crippen molar-refractivity contribution in [3.63, 3.8) is 0 Å². The summed E-state index contributed by atoms with van der Waals surface area (Å²) in [5, 5.41) is 0. The summed E-state index contributed by atoms with van der Waals surface area (Å²) >= 11 is 0. The maximum Gasteiger partial charge on any atom is 0.225 e. The predicted molar refractivity (Wildman–Crippen MR) is 83.8 cm³/mol. The SMILES string of the molecule is CCN(Cc1ccc(N(C)C)cc1)C(=O)C1CCCC1. The fraction of sp³-hybridized carbons (Fsp3) is 0.588. The van der Waals surface area contributed by atoms with Gasteiger partial charge in [-0.25, -0.2) is 0 Å². The van der Waals surface area contributed by atoms with E-state index in [4.69, 9.17) is 0 Å². The Hall–Kier alpha value is -1.51. The summed E-state index contributed by atoms with van der Waals surface area (Å²) in [6.07, 6.45) is 4.58. The average molecular weight is 274 g/mol. The lowest BCUT2D eigenvalue weighted by Gasteiger charge is -2.24. The average Bonchev–Trinajstić information content (AvgIpc) is 2.98. The molecular formula is C17H26N2O. The van der Waals surface area contributed by atoms with E-state index < -0.39 is 0 Å². The van der Waals surface area contributed by atoms with Crippen LogP contribution in [0.15, 0.2) is 24.3 Å². The van der Waals surface area contributed by atoms with E-state index in [9.17, 15) is 4.79 Å². The minimum Gasteiger partial charge on any atom is -0.378 e. The lowest BCUT2D eigenvalue weighted by Crippen LogP contribution is -2.34. The van der Waals surface area contributed by atoms with Crippen molar-refractivity contribution >= 4 is 11.6 Å². The van der Waals surface area contributed by atoms with Crippen LogP contribution in [0, 0.1) is 5.92 Å². The number of hydrogen-bond acceptors (Lipinski definition) is 2. The van der Waals surface area contributed by atoms with Crippen molar-refractivity contribution in [2.45, 2.75) is 39.2 Å². The zero-order chi connectivity index (χ0) is 14.5. The van der Waals surface area contributed by atoms with E-state index in [2.05, 4.69) is 36.1 Å². The van der Waals surface area contributed by atoms with Crippen LogP contribution in [0.3, 0.4) is 0 Å². The van der Waals surface area contributed by atoms with Gasteiger partial charge in [0, 0.05) is 38.8 Å².